The van der Waals surface area contributed by atoms with Gasteiger partial charge in [-0.2, -0.15) is 5.10 Å². The topological polar surface area (TPSA) is 83.8 Å². The second-order valence-corrected chi connectivity index (χ2v) is 6.37. The van der Waals surface area contributed by atoms with Crippen LogP contribution in [0.5, 0.6) is 0 Å². The summed E-state index contributed by atoms with van der Waals surface area (Å²) in [5.74, 6) is -0.0534. The van der Waals surface area contributed by atoms with Crippen LogP contribution in [0.2, 0.25) is 5.02 Å². The van der Waals surface area contributed by atoms with Gasteiger partial charge in [-0.05, 0) is 30.2 Å². The maximum absolute atomic E-state index is 11.9. The fourth-order valence-electron chi connectivity index (χ4n) is 2.64. The third kappa shape index (κ3) is 4.19. The molecule has 0 atom stereocenters. The van der Waals surface area contributed by atoms with Crippen LogP contribution in [0.1, 0.15) is 32.7 Å². The van der Waals surface area contributed by atoms with Crippen molar-refractivity contribution >= 4 is 23.3 Å². The van der Waals surface area contributed by atoms with E-state index >= 15 is 0 Å². The maximum atomic E-state index is 11.9. The van der Waals surface area contributed by atoms with Gasteiger partial charge < -0.3 is 11.1 Å². The van der Waals surface area contributed by atoms with E-state index in [1.165, 1.54) is 5.56 Å². The first-order valence-corrected chi connectivity index (χ1v) is 8.31. The minimum absolute atomic E-state index is 0.382. The molecule has 3 rings (SSSR count). The van der Waals surface area contributed by atoms with Crippen LogP contribution in [0.4, 0.5) is 5.82 Å². The number of carbonyl (C=O) groups is 1. The molecule has 0 aliphatic heterocycles. The van der Waals surface area contributed by atoms with Gasteiger partial charge in [-0.1, -0.05) is 53.6 Å². The Bertz CT molecular complexity index is 887. The summed E-state index contributed by atoms with van der Waals surface area (Å²) < 4.78 is 0. The standard InChI is InChI=1S/C19H19ClN4O/c1-12-5-7-13(8-6-12)11-22-19-17(18(21)25)16(23-24-19)10-14-3-2-4-15(20)9-14/h2-9H,10-11H2,1H3,(H2,21,25)(H2,22,23,24). The summed E-state index contributed by atoms with van der Waals surface area (Å²) in [5.41, 5.74) is 9.89. The zero-order chi connectivity index (χ0) is 17.8. The molecule has 6 heteroatoms. The Hall–Kier alpha value is -2.79. The molecule has 0 saturated carbocycles. The van der Waals surface area contributed by atoms with Crippen LogP contribution in [0.25, 0.3) is 0 Å². The predicted octanol–water partition coefficient (Wildman–Crippen LogP) is 3.67. The van der Waals surface area contributed by atoms with Crippen molar-refractivity contribution in [3.63, 3.8) is 0 Å². The van der Waals surface area contributed by atoms with E-state index in [0.717, 1.165) is 11.1 Å². The quantitative estimate of drug-likeness (QED) is 0.631. The van der Waals surface area contributed by atoms with E-state index in [4.69, 9.17) is 17.3 Å². The molecule has 128 valence electrons. The summed E-state index contributed by atoms with van der Waals surface area (Å²) in [5, 5.41) is 11.0. The highest BCUT2D eigenvalue weighted by molar-refractivity contribution is 6.30. The summed E-state index contributed by atoms with van der Waals surface area (Å²) in [6.07, 6.45) is 0.498. The molecule has 0 aliphatic carbocycles. The van der Waals surface area contributed by atoms with Crippen molar-refractivity contribution in [1.29, 1.82) is 0 Å². The van der Waals surface area contributed by atoms with Crippen LogP contribution in [-0.4, -0.2) is 16.1 Å². The molecule has 0 aliphatic rings. The van der Waals surface area contributed by atoms with Crippen molar-refractivity contribution < 1.29 is 4.79 Å². The third-order valence-electron chi connectivity index (χ3n) is 3.94. The highest BCUT2D eigenvalue weighted by Crippen LogP contribution is 2.21. The van der Waals surface area contributed by atoms with Gasteiger partial charge in [0, 0.05) is 18.0 Å². The highest BCUT2D eigenvalue weighted by atomic mass is 35.5. The number of nitrogens with zero attached hydrogens (tertiary/aromatic N) is 1. The average Bonchev–Trinajstić information content (AvgIpc) is 2.97. The fraction of sp³-hybridized carbons (Fsp3) is 0.158. The van der Waals surface area contributed by atoms with E-state index in [2.05, 4.69) is 15.5 Å². The molecular formula is C19H19ClN4O. The number of rotatable bonds is 6. The molecule has 5 nitrogen and oxygen atoms in total. The number of anilines is 1. The number of aromatic nitrogens is 2. The molecule has 2 aromatic carbocycles. The van der Waals surface area contributed by atoms with Crippen LogP contribution >= 0.6 is 11.6 Å². The summed E-state index contributed by atoms with van der Waals surface area (Å²) in [7, 11) is 0. The lowest BCUT2D eigenvalue weighted by Gasteiger charge is -2.06. The van der Waals surface area contributed by atoms with Gasteiger partial charge in [0.15, 0.2) is 5.82 Å². The third-order valence-corrected chi connectivity index (χ3v) is 4.17. The first-order chi connectivity index (χ1) is 12.0. The zero-order valence-electron chi connectivity index (χ0n) is 13.8. The Morgan fingerprint density at radius 1 is 1.20 bits per heavy atom. The van der Waals surface area contributed by atoms with Gasteiger partial charge in [-0.3, -0.25) is 9.89 Å². The number of nitrogens with two attached hydrogens (primary N) is 1. The number of aromatic amines is 1. The Morgan fingerprint density at radius 3 is 2.64 bits per heavy atom. The van der Waals surface area contributed by atoms with Gasteiger partial charge >= 0.3 is 0 Å². The molecule has 25 heavy (non-hydrogen) atoms. The number of halogens is 1. The van der Waals surface area contributed by atoms with Crippen molar-refractivity contribution in [2.45, 2.75) is 19.9 Å². The Morgan fingerprint density at radius 2 is 1.96 bits per heavy atom. The molecule has 0 fully saturated rings. The van der Waals surface area contributed by atoms with E-state index in [9.17, 15) is 4.79 Å². The second kappa shape index (κ2) is 7.40. The maximum Gasteiger partial charge on any atom is 0.254 e. The molecule has 0 unspecified atom stereocenters. The molecule has 0 saturated heterocycles. The van der Waals surface area contributed by atoms with Crippen molar-refractivity contribution in [2.24, 2.45) is 5.73 Å². The van der Waals surface area contributed by atoms with Crippen LogP contribution in [0.3, 0.4) is 0 Å². The normalized spacial score (nSPS) is 10.6. The summed E-state index contributed by atoms with van der Waals surface area (Å²) >= 11 is 6.02. The lowest BCUT2D eigenvalue weighted by molar-refractivity contribution is 0.100. The molecular weight excluding hydrogens is 336 g/mol. The van der Waals surface area contributed by atoms with Gasteiger partial charge in [0.1, 0.15) is 5.56 Å². The lowest BCUT2D eigenvalue weighted by atomic mass is 10.1. The van der Waals surface area contributed by atoms with Crippen LogP contribution < -0.4 is 11.1 Å². The summed E-state index contributed by atoms with van der Waals surface area (Å²) in [6.45, 7) is 2.60. The van der Waals surface area contributed by atoms with Crippen molar-refractivity contribution in [2.75, 3.05) is 5.32 Å². The van der Waals surface area contributed by atoms with Gasteiger partial charge in [0.25, 0.3) is 5.91 Å². The number of aryl methyl sites for hydroxylation is 1. The number of benzene rings is 2. The van der Waals surface area contributed by atoms with E-state index in [1.807, 2.05) is 55.5 Å². The van der Waals surface area contributed by atoms with Crippen LogP contribution in [0, 0.1) is 6.92 Å². The molecule has 0 spiro atoms. The predicted molar refractivity (Wildman–Crippen MR) is 99.9 cm³/mol. The number of amides is 1. The zero-order valence-corrected chi connectivity index (χ0v) is 14.6. The van der Waals surface area contributed by atoms with Crippen LogP contribution in [-0.2, 0) is 13.0 Å². The van der Waals surface area contributed by atoms with Gasteiger partial charge in [0.05, 0.1) is 5.69 Å². The first-order valence-electron chi connectivity index (χ1n) is 7.94. The Kier molecular flexibility index (Phi) is 5.05. The van der Waals surface area contributed by atoms with E-state index in [0.29, 0.717) is 35.1 Å². The average molecular weight is 355 g/mol. The van der Waals surface area contributed by atoms with Crippen molar-refractivity contribution in [3.8, 4) is 0 Å². The fourth-order valence-corrected chi connectivity index (χ4v) is 2.86. The number of carbonyl (C=O) groups excluding carboxylic acids is 1. The summed E-state index contributed by atoms with van der Waals surface area (Å²) in [6, 6.07) is 15.6. The largest absolute Gasteiger partial charge is 0.365 e. The number of hydrogen-bond acceptors (Lipinski definition) is 3. The smallest absolute Gasteiger partial charge is 0.254 e. The molecule has 0 radical (unpaired) electrons. The minimum Gasteiger partial charge on any atom is -0.365 e. The van der Waals surface area contributed by atoms with E-state index in [1.54, 1.807) is 0 Å². The minimum atomic E-state index is -0.516. The highest BCUT2D eigenvalue weighted by Gasteiger charge is 2.18. The molecule has 1 amide bonds. The number of hydrogen-bond donors (Lipinski definition) is 3. The Balaban J connectivity index is 1.79. The SMILES string of the molecule is Cc1ccc(CNc2n[nH]c(Cc3cccc(Cl)c3)c2C(N)=O)cc1. The summed E-state index contributed by atoms with van der Waals surface area (Å²) in [4.78, 5) is 11.9. The molecule has 1 heterocycles. The molecule has 1 aromatic heterocycles. The second-order valence-electron chi connectivity index (χ2n) is 5.94. The van der Waals surface area contributed by atoms with E-state index < -0.39 is 5.91 Å². The number of primary amides is 1. The molecule has 3 aromatic rings. The van der Waals surface area contributed by atoms with Gasteiger partial charge in [-0.25, -0.2) is 0 Å². The number of nitrogens with one attached hydrogen (secondary N) is 2. The molecule has 0 bridgehead atoms. The van der Waals surface area contributed by atoms with Crippen LogP contribution in [0.15, 0.2) is 48.5 Å². The van der Waals surface area contributed by atoms with Gasteiger partial charge in [0.2, 0.25) is 0 Å². The molecule has 4 N–H and O–H groups in total. The first kappa shape index (κ1) is 17.0. The van der Waals surface area contributed by atoms with E-state index in [-0.39, 0.29) is 0 Å². The van der Waals surface area contributed by atoms with Gasteiger partial charge in [-0.15, -0.1) is 0 Å². The Labute approximate surface area is 151 Å². The monoisotopic (exact) mass is 354 g/mol. The van der Waals surface area contributed by atoms with Crippen molar-refractivity contribution in [1.82, 2.24) is 10.2 Å². The van der Waals surface area contributed by atoms with Crippen molar-refractivity contribution in [3.05, 3.63) is 81.5 Å². The number of H-pyrrole nitrogens is 1. The lowest BCUT2D eigenvalue weighted by Crippen LogP contribution is -2.15.